The molecular formula is C15H20ClNO3. The van der Waals surface area contributed by atoms with Crippen LogP contribution in [0.25, 0.3) is 0 Å². The van der Waals surface area contributed by atoms with Gasteiger partial charge in [-0.25, -0.2) is 0 Å². The van der Waals surface area contributed by atoms with Crippen molar-refractivity contribution in [2.24, 2.45) is 0 Å². The Balaban J connectivity index is 2.13. The van der Waals surface area contributed by atoms with E-state index in [2.05, 4.69) is 6.92 Å². The number of hydrogen-bond donors (Lipinski definition) is 0. The summed E-state index contributed by atoms with van der Waals surface area (Å²) in [6, 6.07) is 5.33. The Morgan fingerprint density at radius 3 is 2.70 bits per heavy atom. The van der Waals surface area contributed by atoms with Gasteiger partial charge >= 0.3 is 0 Å². The van der Waals surface area contributed by atoms with Gasteiger partial charge in [-0.1, -0.05) is 13.3 Å². The Kier molecular flexibility index (Phi) is 5.53. The number of nitrogens with zero attached hydrogens (tertiary/aromatic N) is 1. The molecule has 5 heteroatoms. The average molecular weight is 298 g/mol. The lowest BCUT2D eigenvalue weighted by atomic mass is 10.1. The van der Waals surface area contributed by atoms with Crippen molar-refractivity contribution in [1.29, 1.82) is 0 Å². The minimum absolute atomic E-state index is 0.00364. The molecule has 0 saturated heterocycles. The molecule has 4 nitrogen and oxygen atoms in total. The molecule has 1 aliphatic heterocycles. The van der Waals surface area contributed by atoms with E-state index in [-0.39, 0.29) is 5.91 Å². The molecule has 0 bridgehead atoms. The van der Waals surface area contributed by atoms with E-state index < -0.39 is 0 Å². The van der Waals surface area contributed by atoms with Crippen molar-refractivity contribution < 1.29 is 14.3 Å². The quantitative estimate of drug-likeness (QED) is 0.758. The SMILES string of the molecule is CCCCN(CCCl)C(=O)c1ccc2c(c1)OCCO2. The Morgan fingerprint density at radius 2 is 2.00 bits per heavy atom. The summed E-state index contributed by atoms with van der Waals surface area (Å²) in [4.78, 5) is 14.3. The fourth-order valence-electron chi connectivity index (χ4n) is 2.12. The zero-order valence-corrected chi connectivity index (χ0v) is 12.5. The highest BCUT2D eigenvalue weighted by Crippen LogP contribution is 2.31. The summed E-state index contributed by atoms with van der Waals surface area (Å²) >= 11 is 5.78. The largest absolute Gasteiger partial charge is 0.486 e. The number of amides is 1. The number of alkyl halides is 1. The predicted octanol–water partition coefficient (Wildman–Crippen LogP) is 2.94. The van der Waals surface area contributed by atoms with Gasteiger partial charge in [0.05, 0.1) is 0 Å². The molecule has 110 valence electrons. The highest BCUT2D eigenvalue weighted by molar-refractivity contribution is 6.18. The number of halogens is 1. The van der Waals surface area contributed by atoms with Gasteiger partial charge in [0.2, 0.25) is 0 Å². The summed E-state index contributed by atoms with van der Waals surface area (Å²) < 4.78 is 11.0. The lowest BCUT2D eigenvalue weighted by molar-refractivity contribution is 0.0762. The number of benzene rings is 1. The summed E-state index contributed by atoms with van der Waals surface area (Å²) in [5, 5.41) is 0. The number of ether oxygens (including phenoxy) is 2. The van der Waals surface area contributed by atoms with Crippen molar-refractivity contribution in [3.8, 4) is 11.5 Å². The molecule has 1 amide bonds. The third-order valence-electron chi connectivity index (χ3n) is 3.21. The molecule has 1 aliphatic rings. The average Bonchev–Trinajstić information content (AvgIpc) is 2.50. The highest BCUT2D eigenvalue weighted by atomic mass is 35.5. The summed E-state index contributed by atoms with van der Waals surface area (Å²) in [7, 11) is 0. The van der Waals surface area contributed by atoms with E-state index in [0.29, 0.717) is 42.7 Å². The Labute approximate surface area is 124 Å². The van der Waals surface area contributed by atoms with E-state index in [0.717, 1.165) is 19.4 Å². The minimum atomic E-state index is -0.00364. The van der Waals surface area contributed by atoms with Gasteiger partial charge in [-0.15, -0.1) is 11.6 Å². The summed E-state index contributed by atoms with van der Waals surface area (Å²) in [5.74, 6) is 1.78. The van der Waals surface area contributed by atoms with Gasteiger partial charge in [0.1, 0.15) is 13.2 Å². The standard InChI is InChI=1S/C15H20ClNO3/c1-2-3-7-17(8-6-16)15(18)12-4-5-13-14(11-12)20-10-9-19-13/h4-5,11H,2-3,6-10H2,1H3. The number of unbranched alkanes of at least 4 members (excludes halogenated alkanes) is 1. The van der Waals surface area contributed by atoms with Gasteiger partial charge in [-0.2, -0.15) is 0 Å². The molecule has 1 heterocycles. The van der Waals surface area contributed by atoms with Crippen molar-refractivity contribution in [2.75, 3.05) is 32.2 Å². The highest BCUT2D eigenvalue weighted by Gasteiger charge is 2.18. The van der Waals surface area contributed by atoms with E-state index in [9.17, 15) is 4.79 Å². The molecule has 2 rings (SSSR count). The van der Waals surface area contributed by atoms with Gasteiger partial charge in [-0.3, -0.25) is 4.79 Å². The van der Waals surface area contributed by atoms with Crippen molar-refractivity contribution in [3.05, 3.63) is 23.8 Å². The molecule has 0 fully saturated rings. The van der Waals surface area contributed by atoms with Crippen LogP contribution in [-0.4, -0.2) is 43.0 Å². The minimum Gasteiger partial charge on any atom is -0.486 e. The van der Waals surface area contributed by atoms with Crippen LogP contribution in [0.1, 0.15) is 30.1 Å². The molecule has 0 atom stereocenters. The molecule has 0 radical (unpaired) electrons. The van der Waals surface area contributed by atoms with E-state index in [1.165, 1.54) is 0 Å². The molecule has 0 aliphatic carbocycles. The van der Waals surface area contributed by atoms with Crippen molar-refractivity contribution in [2.45, 2.75) is 19.8 Å². The van der Waals surface area contributed by atoms with Crippen LogP contribution in [-0.2, 0) is 0 Å². The Morgan fingerprint density at radius 1 is 1.25 bits per heavy atom. The topological polar surface area (TPSA) is 38.8 Å². The molecule has 0 unspecified atom stereocenters. The lowest BCUT2D eigenvalue weighted by Gasteiger charge is -2.23. The van der Waals surface area contributed by atoms with Crippen LogP contribution in [0.15, 0.2) is 18.2 Å². The zero-order chi connectivity index (χ0) is 14.4. The third kappa shape index (κ3) is 3.57. The molecule has 1 aromatic carbocycles. The summed E-state index contributed by atoms with van der Waals surface area (Å²) in [6.45, 7) is 4.47. The summed E-state index contributed by atoms with van der Waals surface area (Å²) in [6.07, 6.45) is 2.03. The third-order valence-corrected chi connectivity index (χ3v) is 3.38. The van der Waals surface area contributed by atoms with Crippen molar-refractivity contribution >= 4 is 17.5 Å². The van der Waals surface area contributed by atoms with Gasteiger partial charge in [0.25, 0.3) is 5.91 Å². The first-order valence-electron chi connectivity index (χ1n) is 7.01. The lowest BCUT2D eigenvalue weighted by Crippen LogP contribution is -2.33. The maximum absolute atomic E-state index is 12.5. The first kappa shape index (κ1) is 15.0. The maximum Gasteiger partial charge on any atom is 0.254 e. The van der Waals surface area contributed by atoms with Gasteiger partial charge in [0.15, 0.2) is 11.5 Å². The number of carbonyl (C=O) groups excluding carboxylic acids is 1. The van der Waals surface area contributed by atoms with Gasteiger partial charge in [-0.05, 0) is 24.6 Å². The Hall–Kier alpha value is -1.42. The monoisotopic (exact) mass is 297 g/mol. The number of rotatable bonds is 6. The first-order chi connectivity index (χ1) is 9.76. The van der Waals surface area contributed by atoms with Crippen LogP contribution < -0.4 is 9.47 Å². The second-order valence-electron chi connectivity index (χ2n) is 4.69. The van der Waals surface area contributed by atoms with Gasteiger partial charge in [0, 0.05) is 24.5 Å². The van der Waals surface area contributed by atoms with E-state index in [4.69, 9.17) is 21.1 Å². The van der Waals surface area contributed by atoms with Crippen molar-refractivity contribution in [1.82, 2.24) is 4.90 Å². The smallest absolute Gasteiger partial charge is 0.254 e. The second-order valence-corrected chi connectivity index (χ2v) is 5.07. The predicted molar refractivity (Wildman–Crippen MR) is 79.0 cm³/mol. The van der Waals surface area contributed by atoms with Crippen LogP contribution in [0.2, 0.25) is 0 Å². The molecule has 0 aromatic heterocycles. The van der Waals surface area contributed by atoms with E-state index >= 15 is 0 Å². The summed E-state index contributed by atoms with van der Waals surface area (Å²) in [5.41, 5.74) is 0.621. The van der Waals surface area contributed by atoms with Crippen LogP contribution in [0.5, 0.6) is 11.5 Å². The fourth-order valence-corrected chi connectivity index (χ4v) is 2.33. The first-order valence-corrected chi connectivity index (χ1v) is 7.54. The molecular weight excluding hydrogens is 278 g/mol. The number of fused-ring (bicyclic) bond motifs is 1. The van der Waals surface area contributed by atoms with Gasteiger partial charge < -0.3 is 14.4 Å². The Bertz CT molecular complexity index is 464. The van der Waals surface area contributed by atoms with E-state index in [1.807, 2.05) is 0 Å². The number of carbonyl (C=O) groups is 1. The molecule has 1 aromatic rings. The van der Waals surface area contributed by atoms with Crippen LogP contribution >= 0.6 is 11.6 Å². The van der Waals surface area contributed by atoms with Crippen LogP contribution in [0.4, 0.5) is 0 Å². The van der Waals surface area contributed by atoms with Crippen molar-refractivity contribution in [3.63, 3.8) is 0 Å². The molecule has 0 spiro atoms. The second kappa shape index (κ2) is 7.39. The van der Waals surface area contributed by atoms with Crippen LogP contribution in [0, 0.1) is 0 Å². The fraction of sp³-hybridized carbons (Fsp3) is 0.533. The zero-order valence-electron chi connectivity index (χ0n) is 11.7. The normalized spacial score (nSPS) is 13.1. The van der Waals surface area contributed by atoms with Crippen LogP contribution in [0.3, 0.4) is 0 Å². The number of hydrogen-bond acceptors (Lipinski definition) is 3. The van der Waals surface area contributed by atoms with E-state index in [1.54, 1.807) is 23.1 Å². The molecule has 0 N–H and O–H groups in total. The molecule has 0 saturated carbocycles. The molecule has 20 heavy (non-hydrogen) atoms. The maximum atomic E-state index is 12.5.